The third-order valence-electron chi connectivity index (χ3n) is 2.57. The summed E-state index contributed by atoms with van der Waals surface area (Å²) in [4.78, 5) is 4.50. The fourth-order valence-corrected chi connectivity index (χ4v) is 1.90. The lowest BCUT2D eigenvalue weighted by atomic mass is 9.98. The predicted octanol–water partition coefficient (Wildman–Crippen LogP) is 3.95. The molecule has 0 fully saturated rings. The molecule has 2 rings (SSSR count). The van der Waals surface area contributed by atoms with Crippen LogP contribution in [0.2, 0.25) is 0 Å². The Kier molecular flexibility index (Phi) is 3.35. The van der Waals surface area contributed by atoms with Crippen LogP contribution in [0.25, 0.3) is 11.3 Å². The number of hydrogen-bond donors (Lipinski definition) is 0. The van der Waals surface area contributed by atoms with Crippen molar-refractivity contribution < 1.29 is 0 Å². The van der Waals surface area contributed by atoms with Crippen molar-refractivity contribution in [2.45, 2.75) is 20.3 Å². The summed E-state index contributed by atoms with van der Waals surface area (Å²) < 4.78 is 0. The molecule has 1 nitrogen and oxygen atoms in total. The Labute approximate surface area is 97.2 Å². The lowest BCUT2D eigenvalue weighted by Gasteiger charge is -2.10. The van der Waals surface area contributed by atoms with E-state index in [1.165, 1.54) is 11.1 Å². The quantitative estimate of drug-likeness (QED) is 0.749. The number of aromatic nitrogens is 1. The largest absolute Gasteiger partial charge is 0.256 e. The van der Waals surface area contributed by atoms with Crippen LogP contribution in [0, 0.1) is 5.92 Å². The minimum absolute atomic E-state index is 0.659. The average molecular weight is 211 g/mol. The summed E-state index contributed by atoms with van der Waals surface area (Å²) in [6.07, 6.45) is 2.95. The van der Waals surface area contributed by atoms with Crippen LogP contribution in [0.3, 0.4) is 0 Å². The first kappa shape index (κ1) is 10.9. The molecule has 0 unspecified atom stereocenters. The molecule has 0 aliphatic heterocycles. The highest BCUT2D eigenvalue weighted by molar-refractivity contribution is 5.62. The molecule has 0 saturated carbocycles. The summed E-state index contributed by atoms with van der Waals surface area (Å²) in [5, 5.41) is 0. The van der Waals surface area contributed by atoms with E-state index in [1.54, 1.807) is 0 Å². The standard InChI is InChI=1S/C15H17N/c1-12(2)11-14-9-6-10-16-15(14)13-7-4-3-5-8-13/h3-10,12H,11H2,1-2H3. The zero-order chi connectivity index (χ0) is 11.4. The maximum atomic E-state index is 4.50. The van der Waals surface area contributed by atoms with Crippen molar-refractivity contribution in [1.82, 2.24) is 4.98 Å². The van der Waals surface area contributed by atoms with Crippen molar-refractivity contribution in [2.75, 3.05) is 0 Å². The molecule has 0 N–H and O–H groups in total. The van der Waals surface area contributed by atoms with Crippen LogP contribution in [0.5, 0.6) is 0 Å². The minimum atomic E-state index is 0.659. The van der Waals surface area contributed by atoms with E-state index in [0.29, 0.717) is 5.92 Å². The molecule has 2 aromatic rings. The first-order valence-corrected chi connectivity index (χ1v) is 5.76. The smallest absolute Gasteiger partial charge is 0.0733 e. The molecule has 0 bridgehead atoms. The van der Waals surface area contributed by atoms with Gasteiger partial charge in [-0.05, 0) is 24.0 Å². The van der Waals surface area contributed by atoms with Gasteiger partial charge in [0.2, 0.25) is 0 Å². The Morgan fingerprint density at radius 1 is 1.00 bits per heavy atom. The molecule has 0 radical (unpaired) electrons. The number of nitrogens with zero attached hydrogens (tertiary/aromatic N) is 1. The molecular formula is C15H17N. The Balaban J connectivity index is 2.41. The van der Waals surface area contributed by atoms with Crippen molar-refractivity contribution >= 4 is 0 Å². The van der Waals surface area contributed by atoms with Gasteiger partial charge in [-0.2, -0.15) is 0 Å². The molecule has 0 aliphatic rings. The molecule has 0 atom stereocenters. The second-order valence-electron chi connectivity index (χ2n) is 4.48. The molecule has 0 amide bonds. The van der Waals surface area contributed by atoms with Crippen molar-refractivity contribution in [3.05, 3.63) is 54.2 Å². The number of benzene rings is 1. The predicted molar refractivity (Wildman–Crippen MR) is 68.2 cm³/mol. The van der Waals surface area contributed by atoms with Crippen LogP contribution in [0.1, 0.15) is 19.4 Å². The molecule has 1 aromatic heterocycles. The number of rotatable bonds is 3. The Morgan fingerprint density at radius 3 is 2.44 bits per heavy atom. The Morgan fingerprint density at radius 2 is 1.75 bits per heavy atom. The van der Waals surface area contributed by atoms with Crippen LogP contribution >= 0.6 is 0 Å². The zero-order valence-corrected chi connectivity index (χ0v) is 9.85. The monoisotopic (exact) mass is 211 g/mol. The summed E-state index contributed by atoms with van der Waals surface area (Å²) >= 11 is 0. The summed E-state index contributed by atoms with van der Waals surface area (Å²) in [6, 6.07) is 14.6. The van der Waals surface area contributed by atoms with E-state index in [9.17, 15) is 0 Å². The second kappa shape index (κ2) is 4.93. The van der Waals surface area contributed by atoms with Crippen molar-refractivity contribution in [3.8, 4) is 11.3 Å². The van der Waals surface area contributed by atoms with Gasteiger partial charge in [0, 0.05) is 11.8 Å². The summed E-state index contributed by atoms with van der Waals surface area (Å²) in [5.41, 5.74) is 3.67. The third-order valence-corrected chi connectivity index (χ3v) is 2.57. The van der Waals surface area contributed by atoms with Gasteiger partial charge in [0.25, 0.3) is 0 Å². The van der Waals surface area contributed by atoms with E-state index in [-0.39, 0.29) is 0 Å². The van der Waals surface area contributed by atoms with Gasteiger partial charge in [-0.3, -0.25) is 4.98 Å². The van der Waals surface area contributed by atoms with Crippen LogP contribution in [0.4, 0.5) is 0 Å². The van der Waals surface area contributed by atoms with Crippen LogP contribution in [0.15, 0.2) is 48.7 Å². The maximum Gasteiger partial charge on any atom is 0.0733 e. The van der Waals surface area contributed by atoms with E-state index in [4.69, 9.17) is 0 Å². The van der Waals surface area contributed by atoms with E-state index >= 15 is 0 Å². The molecule has 1 heterocycles. The van der Waals surface area contributed by atoms with Crippen LogP contribution in [-0.2, 0) is 6.42 Å². The zero-order valence-electron chi connectivity index (χ0n) is 9.85. The normalized spacial score (nSPS) is 10.7. The highest BCUT2D eigenvalue weighted by atomic mass is 14.7. The summed E-state index contributed by atoms with van der Waals surface area (Å²) in [5.74, 6) is 0.659. The van der Waals surface area contributed by atoms with Gasteiger partial charge < -0.3 is 0 Å². The van der Waals surface area contributed by atoms with E-state index in [2.05, 4.69) is 49.2 Å². The first-order chi connectivity index (χ1) is 7.77. The van der Waals surface area contributed by atoms with Gasteiger partial charge in [-0.15, -0.1) is 0 Å². The summed E-state index contributed by atoms with van der Waals surface area (Å²) in [7, 11) is 0. The summed E-state index contributed by atoms with van der Waals surface area (Å²) in [6.45, 7) is 4.48. The van der Waals surface area contributed by atoms with Crippen LogP contribution in [-0.4, -0.2) is 4.98 Å². The fraction of sp³-hybridized carbons (Fsp3) is 0.267. The van der Waals surface area contributed by atoms with Gasteiger partial charge in [0.15, 0.2) is 0 Å². The third kappa shape index (κ3) is 2.48. The molecule has 1 aromatic carbocycles. The molecule has 1 heteroatoms. The minimum Gasteiger partial charge on any atom is -0.256 e. The number of hydrogen-bond acceptors (Lipinski definition) is 1. The van der Waals surface area contributed by atoms with Gasteiger partial charge in [0.1, 0.15) is 0 Å². The van der Waals surface area contributed by atoms with E-state index in [1.807, 2.05) is 18.3 Å². The van der Waals surface area contributed by atoms with Gasteiger partial charge in [-0.1, -0.05) is 50.2 Å². The second-order valence-corrected chi connectivity index (χ2v) is 4.48. The van der Waals surface area contributed by atoms with E-state index < -0.39 is 0 Å². The van der Waals surface area contributed by atoms with Gasteiger partial charge >= 0.3 is 0 Å². The van der Waals surface area contributed by atoms with Crippen molar-refractivity contribution in [1.29, 1.82) is 0 Å². The fourth-order valence-electron chi connectivity index (χ4n) is 1.90. The number of pyridine rings is 1. The topological polar surface area (TPSA) is 12.9 Å². The van der Waals surface area contributed by atoms with E-state index in [0.717, 1.165) is 12.1 Å². The van der Waals surface area contributed by atoms with Crippen molar-refractivity contribution in [3.63, 3.8) is 0 Å². The molecule has 0 spiro atoms. The van der Waals surface area contributed by atoms with Gasteiger partial charge in [-0.25, -0.2) is 0 Å². The lowest BCUT2D eigenvalue weighted by Crippen LogP contribution is -1.98. The maximum absolute atomic E-state index is 4.50. The average Bonchev–Trinajstić information content (AvgIpc) is 2.30. The van der Waals surface area contributed by atoms with Crippen molar-refractivity contribution in [2.24, 2.45) is 5.92 Å². The molecule has 0 saturated heterocycles. The van der Waals surface area contributed by atoms with Crippen LogP contribution < -0.4 is 0 Å². The lowest BCUT2D eigenvalue weighted by molar-refractivity contribution is 0.647. The molecule has 0 aliphatic carbocycles. The Hall–Kier alpha value is -1.63. The SMILES string of the molecule is CC(C)Cc1cccnc1-c1ccccc1. The molecule has 82 valence electrons. The highest BCUT2D eigenvalue weighted by Crippen LogP contribution is 2.22. The molecular weight excluding hydrogens is 194 g/mol. The first-order valence-electron chi connectivity index (χ1n) is 5.76. The van der Waals surface area contributed by atoms with Gasteiger partial charge in [0.05, 0.1) is 5.69 Å². The molecule has 16 heavy (non-hydrogen) atoms. The Bertz CT molecular complexity index is 446. The highest BCUT2D eigenvalue weighted by Gasteiger charge is 2.06.